The van der Waals surface area contributed by atoms with Crippen LogP contribution in [-0.4, -0.2) is 57.3 Å². The second kappa shape index (κ2) is 11.3. The second-order valence-electron chi connectivity index (χ2n) is 10.7. The Balaban J connectivity index is 1.55. The van der Waals surface area contributed by atoms with Gasteiger partial charge >= 0.3 is 0 Å². The number of aromatic nitrogens is 3. The highest BCUT2D eigenvalue weighted by Crippen LogP contribution is 2.37. The third-order valence-electron chi connectivity index (χ3n) is 7.82. The van der Waals surface area contributed by atoms with E-state index in [9.17, 15) is 23.2 Å². The number of Topliss-reactive ketones (excluding diaryl/α,β-unsaturated/α-hetero) is 1. The van der Waals surface area contributed by atoms with E-state index < -0.39 is 18.3 Å². The Kier molecular flexibility index (Phi) is 8.23. The first-order chi connectivity index (χ1) is 18.4. The smallest absolute Gasteiger partial charge is 0.255 e. The average Bonchev–Trinajstić information content (AvgIpc) is 3.17. The Morgan fingerprint density at radius 2 is 1.95 bits per heavy atom. The molecule has 210 valence electrons. The van der Waals surface area contributed by atoms with Crippen molar-refractivity contribution in [3.8, 4) is 5.75 Å². The number of H-pyrrole nitrogens is 1. The molecule has 39 heavy (non-hydrogen) atoms. The molecule has 1 atom stereocenters. The number of alkyl halides is 2. The lowest BCUT2D eigenvalue weighted by Gasteiger charge is -2.35. The maximum atomic E-state index is 13.6. The van der Waals surface area contributed by atoms with Crippen LogP contribution in [0.15, 0.2) is 29.2 Å². The summed E-state index contributed by atoms with van der Waals surface area (Å²) in [7, 11) is 1.50. The molecule has 1 fully saturated rings. The van der Waals surface area contributed by atoms with Crippen LogP contribution in [-0.2, 0) is 11.2 Å². The Labute approximate surface area is 226 Å². The molecule has 1 amide bonds. The molecule has 10 heteroatoms. The molecule has 0 saturated carbocycles. The zero-order chi connectivity index (χ0) is 28.5. The van der Waals surface area contributed by atoms with E-state index in [2.05, 4.69) is 17.0 Å². The molecule has 4 rings (SSSR count). The lowest BCUT2D eigenvalue weighted by Crippen LogP contribution is -2.41. The van der Waals surface area contributed by atoms with Crippen LogP contribution in [0.1, 0.15) is 78.3 Å². The average molecular weight is 543 g/mol. The summed E-state index contributed by atoms with van der Waals surface area (Å²) in [5, 5.41) is 4.56. The number of aryl methyl sites for hydroxylation is 1. The molecule has 1 aliphatic rings. The van der Waals surface area contributed by atoms with Crippen molar-refractivity contribution in [2.75, 3.05) is 20.2 Å². The first kappa shape index (κ1) is 28.4. The van der Waals surface area contributed by atoms with E-state index >= 15 is 0 Å². The fraction of sp³-hybridized carbons (Fsp3) is 0.517. The van der Waals surface area contributed by atoms with Gasteiger partial charge in [-0.05, 0) is 69.7 Å². The number of aromatic amines is 1. The third-order valence-corrected chi connectivity index (χ3v) is 7.82. The number of methoxy groups -OCH3 is 1. The number of amides is 1. The van der Waals surface area contributed by atoms with E-state index in [0.29, 0.717) is 54.0 Å². The summed E-state index contributed by atoms with van der Waals surface area (Å²) in [4.78, 5) is 42.7. The third kappa shape index (κ3) is 6.04. The number of hydrogen-bond acceptors (Lipinski definition) is 5. The van der Waals surface area contributed by atoms with Gasteiger partial charge in [0.2, 0.25) is 5.91 Å². The summed E-state index contributed by atoms with van der Waals surface area (Å²) < 4.78 is 33.9. The van der Waals surface area contributed by atoms with E-state index in [1.807, 2.05) is 17.5 Å². The molecule has 1 aliphatic heterocycles. The monoisotopic (exact) mass is 542 g/mol. The molecular weight excluding hydrogens is 506 g/mol. The van der Waals surface area contributed by atoms with Crippen molar-refractivity contribution >= 4 is 17.2 Å². The standard InChI is InChI=1S/C29H36F2N4O4/c1-17-15-24(39-5)21(28(38)33-17)8-9-23(36)26-19(3)27(35-22(26)7-6-12-32-35)18(2)20-10-13-34(14-11-20)25(37)16-29(4,30)31/h6-7,12,15,18,20H,8-11,13-14,16H2,1-5H3,(H,33,38). The Hall–Kier alpha value is -3.56. The van der Waals surface area contributed by atoms with Crippen molar-refractivity contribution in [1.29, 1.82) is 0 Å². The van der Waals surface area contributed by atoms with Crippen LogP contribution < -0.4 is 10.3 Å². The Morgan fingerprint density at radius 1 is 1.26 bits per heavy atom. The molecule has 3 aromatic rings. The minimum Gasteiger partial charge on any atom is -0.496 e. The fourth-order valence-corrected chi connectivity index (χ4v) is 5.84. The normalized spacial score (nSPS) is 15.5. The summed E-state index contributed by atoms with van der Waals surface area (Å²) in [5.74, 6) is -2.93. The molecule has 8 nitrogen and oxygen atoms in total. The van der Waals surface area contributed by atoms with Crippen molar-refractivity contribution < 1.29 is 23.1 Å². The highest BCUT2D eigenvalue weighted by Gasteiger charge is 2.34. The van der Waals surface area contributed by atoms with Crippen molar-refractivity contribution in [1.82, 2.24) is 19.5 Å². The van der Waals surface area contributed by atoms with Crippen molar-refractivity contribution in [3.63, 3.8) is 0 Å². The highest BCUT2D eigenvalue weighted by atomic mass is 19.3. The summed E-state index contributed by atoms with van der Waals surface area (Å²) in [5.41, 5.74) is 3.94. The number of ketones is 1. The van der Waals surface area contributed by atoms with Gasteiger partial charge in [0, 0.05) is 48.6 Å². The Morgan fingerprint density at radius 3 is 2.59 bits per heavy atom. The SMILES string of the molecule is COc1cc(C)[nH]c(=O)c1CCC(=O)c1c(C)c(C(C)C2CCN(C(=O)CC(C)(F)F)CC2)n2ncccc12. The molecule has 0 bridgehead atoms. The highest BCUT2D eigenvalue weighted by molar-refractivity contribution is 6.04. The van der Waals surface area contributed by atoms with E-state index in [4.69, 9.17) is 4.74 Å². The number of rotatable bonds is 9. The molecule has 1 N–H and O–H groups in total. The van der Waals surface area contributed by atoms with Crippen LogP contribution in [0.25, 0.3) is 5.52 Å². The number of piperidine rings is 1. The fourth-order valence-electron chi connectivity index (χ4n) is 5.84. The number of carbonyl (C=O) groups excluding carboxylic acids is 2. The summed E-state index contributed by atoms with van der Waals surface area (Å²) in [6.45, 7) is 7.42. The second-order valence-corrected chi connectivity index (χ2v) is 10.7. The lowest BCUT2D eigenvalue weighted by molar-refractivity contribution is -0.139. The molecule has 0 spiro atoms. The van der Waals surface area contributed by atoms with Gasteiger partial charge < -0.3 is 14.6 Å². The molecule has 0 aliphatic carbocycles. The number of nitrogens with one attached hydrogen (secondary N) is 1. The molecule has 4 heterocycles. The number of fused-ring (bicyclic) bond motifs is 1. The van der Waals surface area contributed by atoms with Gasteiger partial charge in [0.15, 0.2) is 5.78 Å². The molecular formula is C29H36F2N4O4. The van der Waals surface area contributed by atoms with Gasteiger partial charge in [-0.1, -0.05) is 6.92 Å². The van der Waals surface area contributed by atoms with E-state index in [0.717, 1.165) is 18.2 Å². The number of carbonyl (C=O) groups is 2. The first-order valence-electron chi connectivity index (χ1n) is 13.3. The number of hydrogen-bond donors (Lipinski definition) is 1. The molecule has 0 radical (unpaired) electrons. The summed E-state index contributed by atoms with van der Waals surface area (Å²) >= 11 is 0. The van der Waals surface area contributed by atoms with Crippen LogP contribution >= 0.6 is 0 Å². The molecule has 1 saturated heterocycles. The summed E-state index contributed by atoms with van der Waals surface area (Å²) in [6, 6.07) is 5.41. The van der Waals surface area contributed by atoms with Gasteiger partial charge in [-0.15, -0.1) is 0 Å². The van der Waals surface area contributed by atoms with Crippen molar-refractivity contribution in [2.24, 2.45) is 5.92 Å². The van der Waals surface area contributed by atoms with Crippen LogP contribution in [0, 0.1) is 19.8 Å². The quantitative estimate of drug-likeness (QED) is 0.390. The van der Waals surface area contributed by atoms with Gasteiger partial charge in [0.05, 0.1) is 24.6 Å². The Bertz CT molecular complexity index is 1430. The van der Waals surface area contributed by atoms with Gasteiger partial charge in [0.25, 0.3) is 11.5 Å². The van der Waals surface area contributed by atoms with Gasteiger partial charge in [-0.3, -0.25) is 14.4 Å². The van der Waals surface area contributed by atoms with Crippen LogP contribution in [0.4, 0.5) is 8.78 Å². The van der Waals surface area contributed by atoms with E-state index in [1.54, 1.807) is 25.3 Å². The molecule has 3 aromatic heterocycles. The number of nitrogens with zero attached hydrogens (tertiary/aromatic N) is 3. The predicted molar refractivity (Wildman–Crippen MR) is 144 cm³/mol. The number of ether oxygens (including phenoxy) is 1. The topological polar surface area (TPSA) is 96.8 Å². The zero-order valence-electron chi connectivity index (χ0n) is 23.1. The minimum absolute atomic E-state index is 0.0267. The van der Waals surface area contributed by atoms with Gasteiger partial charge in [-0.25, -0.2) is 13.3 Å². The van der Waals surface area contributed by atoms with Crippen LogP contribution in [0.2, 0.25) is 0 Å². The van der Waals surface area contributed by atoms with E-state index in [1.165, 1.54) is 12.0 Å². The first-order valence-corrected chi connectivity index (χ1v) is 13.3. The van der Waals surface area contributed by atoms with Gasteiger partial charge in [-0.2, -0.15) is 5.10 Å². The summed E-state index contributed by atoms with van der Waals surface area (Å²) in [6.07, 6.45) is 2.64. The number of pyridine rings is 1. The number of halogens is 2. The zero-order valence-corrected chi connectivity index (χ0v) is 23.1. The van der Waals surface area contributed by atoms with Crippen molar-refractivity contribution in [2.45, 2.75) is 71.6 Å². The van der Waals surface area contributed by atoms with Crippen molar-refractivity contribution in [3.05, 3.63) is 62.8 Å². The minimum atomic E-state index is -3.02. The maximum Gasteiger partial charge on any atom is 0.255 e. The van der Waals surface area contributed by atoms with Gasteiger partial charge in [0.1, 0.15) is 5.75 Å². The maximum absolute atomic E-state index is 13.6. The molecule has 0 aromatic carbocycles. The predicted octanol–water partition coefficient (Wildman–Crippen LogP) is 4.85. The number of likely N-dealkylation sites (tertiary alicyclic amines) is 1. The van der Waals surface area contributed by atoms with Crippen LogP contribution in [0.5, 0.6) is 5.75 Å². The van der Waals surface area contributed by atoms with E-state index in [-0.39, 0.29) is 36.0 Å². The largest absolute Gasteiger partial charge is 0.496 e. The lowest BCUT2D eigenvalue weighted by atomic mass is 9.82. The molecule has 1 unspecified atom stereocenters. The van der Waals surface area contributed by atoms with Crippen LogP contribution in [0.3, 0.4) is 0 Å².